The van der Waals surface area contributed by atoms with Gasteiger partial charge in [-0.05, 0) is 37.2 Å². The quantitative estimate of drug-likeness (QED) is 0.861. The average Bonchev–Trinajstić information content (AvgIpc) is 2.68. The van der Waals surface area contributed by atoms with Crippen molar-refractivity contribution in [2.75, 3.05) is 52.2 Å². The number of methoxy groups -OCH3 is 1. The Hall–Kier alpha value is -2.60. The minimum Gasteiger partial charge on any atom is -0.496 e. The van der Waals surface area contributed by atoms with Crippen molar-refractivity contribution in [1.29, 1.82) is 0 Å². The number of rotatable bonds is 6. The number of hydrogen-bond donors (Lipinski definition) is 1. The van der Waals surface area contributed by atoms with Crippen LogP contribution in [0.1, 0.15) is 16.1 Å². The Kier molecular flexibility index (Phi) is 6.07. The summed E-state index contributed by atoms with van der Waals surface area (Å²) in [6.45, 7) is 4.07. The smallest absolute Gasteiger partial charge is 0.272 e. The monoisotopic (exact) mass is 354 g/mol. The Balaban J connectivity index is 1.58. The molecule has 0 saturated carbocycles. The Morgan fingerprint density at radius 2 is 1.96 bits per heavy atom. The van der Waals surface area contributed by atoms with Gasteiger partial charge in [-0.3, -0.25) is 9.78 Å². The van der Waals surface area contributed by atoms with E-state index in [1.165, 1.54) is 0 Å². The molecule has 0 atom stereocenters. The van der Waals surface area contributed by atoms with Crippen LogP contribution in [-0.2, 0) is 6.42 Å². The van der Waals surface area contributed by atoms with Crippen LogP contribution < -0.4 is 10.1 Å². The van der Waals surface area contributed by atoms with E-state index >= 15 is 0 Å². The Morgan fingerprint density at radius 1 is 1.19 bits per heavy atom. The molecule has 3 rings (SSSR count). The van der Waals surface area contributed by atoms with Crippen molar-refractivity contribution in [3.8, 4) is 5.75 Å². The van der Waals surface area contributed by atoms with Crippen LogP contribution in [0.25, 0.3) is 0 Å². The first-order valence-electron chi connectivity index (χ1n) is 8.97. The highest BCUT2D eigenvalue weighted by atomic mass is 16.5. The van der Waals surface area contributed by atoms with E-state index in [2.05, 4.69) is 28.3 Å². The molecular formula is C20H26N4O2. The number of piperazine rings is 1. The van der Waals surface area contributed by atoms with Gasteiger partial charge >= 0.3 is 0 Å². The standard InChI is InChI=1S/C20H26N4O2/c1-23-11-13-24(14-12-23)20(25)18-15-17(8-10-22-18)21-9-7-16-5-3-4-6-19(16)26-2/h3-6,8,10,15H,7,9,11-14H2,1-2H3,(H,21,22). The molecule has 0 spiro atoms. The number of carbonyl (C=O) groups excluding carboxylic acids is 1. The third-order valence-electron chi connectivity index (χ3n) is 4.69. The highest BCUT2D eigenvalue weighted by Gasteiger charge is 2.21. The summed E-state index contributed by atoms with van der Waals surface area (Å²) in [4.78, 5) is 21.0. The largest absolute Gasteiger partial charge is 0.496 e. The molecule has 1 aromatic carbocycles. The Morgan fingerprint density at radius 3 is 2.73 bits per heavy atom. The molecule has 1 aromatic heterocycles. The number of para-hydroxylation sites is 1. The summed E-state index contributed by atoms with van der Waals surface area (Å²) in [7, 11) is 3.76. The number of anilines is 1. The number of benzene rings is 1. The topological polar surface area (TPSA) is 57.7 Å². The molecule has 1 aliphatic rings. The zero-order valence-electron chi connectivity index (χ0n) is 15.4. The summed E-state index contributed by atoms with van der Waals surface area (Å²) in [5.74, 6) is 0.904. The fraction of sp³-hybridized carbons (Fsp3) is 0.400. The highest BCUT2D eigenvalue weighted by Crippen LogP contribution is 2.18. The van der Waals surface area contributed by atoms with E-state index in [-0.39, 0.29) is 5.91 Å². The summed E-state index contributed by atoms with van der Waals surface area (Å²) in [5, 5.41) is 3.38. The van der Waals surface area contributed by atoms with Crippen molar-refractivity contribution in [3.63, 3.8) is 0 Å². The number of hydrogen-bond acceptors (Lipinski definition) is 5. The van der Waals surface area contributed by atoms with Crippen LogP contribution in [-0.4, -0.2) is 67.6 Å². The molecule has 26 heavy (non-hydrogen) atoms. The normalized spacial score (nSPS) is 14.9. The number of nitrogens with zero attached hydrogens (tertiary/aromatic N) is 3. The molecule has 1 N–H and O–H groups in total. The molecule has 1 fully saturated rings. The molecule has 2 heterocycles. The summed E-state index contributed by atoms with van der Waals surface area (Å²) in [6.07, 6.45) is 2.53. The first-order valence-corrected chi connectivity index (χ1v) is 8.97. The minimum absolute atomic E-state index is 0.00600. The Labute approximate surface area is 154 Å². The molecule has 0 bridgehead atoms. The van der Waals surface area contributed by atoms with Gasteiger partial charge in [-0.1, -0.05) is 18.2 Å². The van der Waals surface area contributed by atoms with Gasteiger partial charge in [0.15, 0.2) is 0 Å². The van der Waals surface area contributed by atoms with Gasteiger partial charge in [0.25, 0.3) is 5.91 Å². The first-order chi connectivity index (χ1) is 12.7. The lowest BCUT2D eigenvalue weighted by Crippen LogP contribution is -2.47. The van der Waals surface area contributed by atoms with Crippen LogP contribution in [0, 0.1) is 0 Å². The molecule has 1 aliphatic heterocycles. The number of pyridine rings is 1. The second-order valence-electron chi connectivity index (χ2n) is 6.51. The highest BCUT2D eigenvalue weighted by molar-refractivity contribution is 5.93. The predicted molar refractivity (Wildman–Crippen MR) is 103 cm³/mol. The van der Waals surface area contributed by atoms with E-state index in [0.717, 1.165) is 56.1 Å². The van der Waals surface area contributed by atoms with E-state index in [4.69, 9.17) is 4.74 Å². The molecule has 2 aromatic rings. The average molecular weight is 354 g/mol. The van der Waals surface area contributed by atoms with Crippen LogP contribution in [0.5, 0.6) is 5.75 Å². The fourth-order valence-corrected chi connectivity index (χ4v) is 3.08. The molecule has 1 saturated heterocycles. The van der Waals surface area contributed by atoms with Gasteiger partial charge in [-0.25, -0.2) is 0 Å². The van der Waals surface area contributed by atoms with E-state index < -0.39 is 0 Å². The van der Waals surface area contributed by atoms with Gasteiger partial charge in [-0.2, -0.15) is 0 Å². The molecular weight excluding hydrogens is 328 g/mol. The second-order valence-corrected chi connectivity index (χ2v) is 6.51. The third-order valence-corrected chi connectivity index (χ3v) is 4.69. The van der Waals surface area contributed by atoms with Crippen molar-refractivity contribution >= 4 is 11.6 Å². The summed E-state index contributed by atoms with van der Waals surface area (Å²) in [5.41, 5.74) is 2.56. The summed E-state index contributed by atoms with van der Waals surface area (Å²) < 4.78 is 5.38. The van der Waals surface area contributed by atoms with Crippen molar-refractivity contribution in [1.82, 2.24) is 14.8 Å². The van der Waals surface area contributed by atoms with Crippen LogP contribution in [0.4, 0.5) is 5.69 Å². The van der Waals surface area contributed by atoms with E-state index in [1.807, 2.05) is 35.2 Å². The molecule has 0 aliphatic carbocycles. The van der Waals surface area contributed by atoms with E-state index in [1.54, 1.807) is 13.3 Å². The van der Waals surface area contributed by atoms with Crippen molar-refractivity contribution in [2.45, 2.75) is 6.42 Å². The molecule has 6 nitrogen and oxygen atoms in total. The maximum Gasteiger partial charge on any atom is 0.272 e. The fourth-order valence-electron chi connectivity index (χ4n) is 3.08. The molecule has 6 heteroatoms. The van der Waals surface area contributed by atoms with Crippen LogP contribution in [0.3, 0.4) is 0 Å². The number of likely N-dealkylation sites (N-methyl/N-ethyl adjacent to an activating group) is 1. The van der Waals surface area contributed by atoms with E-state index in [9.17, 15) is 4.79 Å². The maximum absolute atomic E-state index is 12.6. The summed E-state index contributed by atoms with van der Waals surface area (Å²) in [6, 6.07) is 11.7. The molecule has 0 unspecified atom stereocenters. The van der Waals surface area contributed by atoms with Gasteiger partial charge in [0.05, 0.1) is 7.11 Å². The second kappa shape index (κ2) is 8.67. The zero-order valence-corrected chi connectivity index (χ0v) is 15.4. The van der Waals surface area contributed by atoms with Crippen molar-refractivity contribution in [3.05, 3.63) is 53.9 Å². The van der Waals surface area contributed by atoms with Gasteiger partial charge in [0.1, 0.15) is 11.4 Å². The lowest BCUT2D eigenvalue weighted by molar-refractivity contribution is 0.0658. The molecule has 138 valence electrons. The minimum atomic E-state index is 0.00600. The lowest BCUT2D eigenvalue weighted by atomic mass is 10.1. The van der Waals surface area contributed by atoms with Crippen LogP contribution in [0.15, 0.2) is 42.6 Å². The van der Waals surface area contributed by atoms with Gasteiger partial charge in [0, 0.05) is 44.6 Å². The number of ether oxygens (including phenoxy) is 1. The van der Waals surface area contributed by atoms with Crippen molar-refractivity contribution in [2.24, 2.45) is 0 Å². The van der Waals surface area contributed by atoms with E-state index in [0.29, 0.717) is 5.69 Å². The lowest BCUT2D eigenvalue weighted by Gasteiger charge is -2.32. The van der Waals surface area contributed by atoms with Crippen LogP contribution >= 0.6 is 0 Å². The Bertz CT molecular complexity index is 742. The maximum atomic E-state index is 12.6. The number of aromatic nitrogens is 1. The number of amides is 1. The van der Waals surface area contributed by atoms with Gasteiger partial charge < -0.3 is 19.9 Å². The zero-order chi connectivity index (χ0) is 18.4. The number of carbonyl (C=O) groups is 1. The SMILES string of the molecule is COc1ccccc1CCNc1ccnc(C(=O)N2CCN(C)CC2)c1. The third kappa shape index (κ3) is 4.52. The van der Waals surface area contributed by atoms with Gasteiger partial charge in [-0.15, -0.1) is 0 Å². The predicted octanol–water partition coefficient (Wildman–Crippen LogP) is 2.13. The number of nitrogens with one attached hydrogen (secondary N) is 1. The van der Waals surface area contributed by atoms with Crippen LogP contribution in [0.2, 0.25) is 0 Å². The molecule has 0 radical (unpaired) electrons. The van der Waals surface area contributed by atoms with Gasteiger partial charge in [0.2, 0.25) is 0 Å². The summed E-state index contributed by atoms with van der Waals surface area (Å²) >= 11 is 0. The molecule has 1 amide bonds. The first kappa shape index (κ1) is 18.2. The van der Waals surface area contributed by atoms with Crippen molar-refractivity contribution < 1.29 is 9.53 Å².